The highest BCUT2D eigenvalue weighted by atomic mass is 16.3. The van der Waals surface area contributed by atoms with E-state index in [0.29, 0.717) is 5.69 Å². The number of furan rings is 1. The van der Waals surface area contributed by atoms with Gasteiger partial charge in [0.05, 0.1) is 12.1 Å². The van der Waals surface area contributed by atoms with Crippen molar-refractivity contribution in [3.63, 3.8) is 0 Å². The van der Waals surface area contributed by atoms with Gasteiger partial charge < -0.3 is 4.42 Å². The van der Waals surface area contributed by atoms with Crippen molar-refractivity contribution < 1.29 is 8.98 Å². The third-order valence-electron chi connectivity index (χ3n) is 5.85. The maximum absolute atomic E-state index is 7.80. The highest BCUT2D eigenvalue weighted by molar-refractivity contribution is 6.13. The molecule has 0 N–H and O–H groups in total. The Bertz CT molecular complexity index is 1470. The highest BCUT2D eigenvalue weighted by Crippen LogP contribution is 2.44. The molecule has 144 valence electrons. The Balaban J connectivity index is 1.91. The lowest BCUT2D eigenvalue weighted by molar-refractivity contribution is -0.660. The summed E-state index contributed by atoms with van der Waals surface area (Å²) in [5.41, 5.74) is 8.72. The number of benzene rings is 3. The van der Waals surface area contributed by atoms with Crippen LogP contribution in [-0.2, 0) is 7.05 Å². The Hall–Kier alpha value is -3.90. The Morgan fingerprint density at radius 1 is 0.833 bits per heavy atom. The maximum Gasteiger partial charge on any atom is 0.216 e. The minimum absolute atomic E-state index is 0.654. The lowest BCUT2D eigenvalue weighted by Gasteiger charge is -2.09. The third kappa shape index (κ3) is 2.62. The van der Waals surface area contributed by atoms with E-state index in [2.05, 4.69) is 41.5 Å². The molecule has 0 atom stereocenters. The molecule has 30 heavy (non-hydrogen) atoms. The average Bonchev–Trinajstić information content (AvgIpc) is 3.14. The molecule has 2 heterocycles. The predicted molar refractivity (Wildman–Crippen MR) is 122 cm³/mol. The van der Waals surface area contributed by atoms with E-state index >= 15 is 0 Å². The molecule has 0 aliphatic carbocycles. The molecule has 0 radical (unpaired) electrons. The minimum atomic E-state index is 0.654. The smallest absolute Gasteiger partial charge is 0.216 e. The fourth-order valence-electron chi connectivity index (χ4n) is 4.37. The predicted octanol–water partition coefficient (Wildman–Crippen LogP) is 6.91. The summed E-state index contributed by atoms with van der Waals surface area (Å²) in [7, 11) is 2.05. The van der Waals surface area contributed by atoms with Crippen molar-refractivity contribution in [2.24, 2.45) is 7.05 Å². The van der Waals surface area contributed by atoms with E-state index in [1.54, 1.807) is 0 Å². The first-order chi connectivity index (χ1) is 14.6. The number of aromatic nitrogens is 1. The van der Waals surface area contributed by atoms with Crippen LogP contribution >= 0.6 is 0 Å². The largest absolute Gasteiger partial charge is 0.455 e. The normalized spacial score (nSPS) is 11.1. The molecule has 0 bridgehead atoms. The summed E-state index contributed by atoms with van der Waals surface area (Å²) in [4.78, 5) is 3.86. The number of nitrogens with zero attached hydrogens (tertiary/aromatic N) is 2. The summed E-state index contributed by atoms with van der Waals surface area (Å²) < 4.78 is 8.66. The zero-order valence-electron chi connectivity index (χ0n) is 17.2. The summed E-state index contributed by atoms with van der Waals surface area (Å²) in [6.45, 7) is 12.0. The summed E-state index contributed by atoms with van der Waals surface area (Å²) in [6.07, 6.45) is 2.05. The maximum atomic E-state index is 7.80. The van der Waals surface area contributed by atoms with Gasteiger partial charge in [0, 0.05) is 22.9 Å². The molecule has 0 aliphatic heterocycles. The second-order valence-corrected chi connectivity index (χ2v) is 7.68. The van der Waals surface area contributed by atoms with Gasteiger partial charge in [0.25, 0.3) is 0 Å². The van der Waals surface area contributed by atoms with Crippen molar-refractivity contribution in [2.45, 2.75) is 13.8 Å². The van der Waals surface area contributed by atoms with Crippen LogP contribution < -0.4 is 4.57 Å². The zero-order valence-corrected chi connectivity index (χ0v) is 17.2. The van der Waals surface area contributed by atoms with Crippen LogP contribution in [0.3, 0.4) is 0 Å². The molecule has 0 spiro atoms. The van der Waals surface area contributed by atoms with Crippen LogP contribution in [0.2, 0.25) is 0 Å². The fourth-order valence-corrected chi connectivity index (χ4v) is 4.37. The van der Waals surface area contributed by atoms with Gasteiger partial charge in [-0.2, -0.15) is 0 Å². The van der Waals surface area contributed by atoms with E-state index in [1.807, 2.05) is 61.8 Å². The SMILES string of the molecule is [C-]#[N+]c1cc2c(oc3c(-c4cccc[n+]4C)c(C)ccc32)c(C)c1-c1ccccc1. The number of pyridine rings is 1. The van der Waals surface area contributed by atoms with Crippen molar-refractivity contribution in [2.75, 3.05) is 0 Å². The van der Waals surface area contributed by atoms with E-state index in [9.17, 15) is 0 Å². The van der Waals surface area contributed by atoms with Gasteiger partial charge in [0.2, 0.25) is 5.69 Å². The summed E-state index contributed by atoms with van der Waals surface area (Å²) in [5.74, 6) is 0. The molecule has 5 aromatic rings. The first-order valence-corrected chi connectivity index (χ1v) is 9.97. The molecule has 5 rings (SSSR count). The zero-order chi connectivity index (χ0) is 20.8. The van der Waals surface area contributed by atoms with E-state index < -0.39 is 0 Å². The van der Waals surface area contributed by atoms with Gasteiger partial charge in [-0.05, 0) is 48.2 Å². The molecule has 0 unspecified atom stereocenters. The topological polar surface area (TPSA) is 21.4 Å². The van der Waals surface area contributed by atoms with Gasteiger partial charge in [0.15, 0.2) is 11.9 Å². The Labute approximate surface area is 175 Å². The van der Waals surface area contributed by atoms with Gasteiger partial charge >= 0.3 is 0 Å². The van der Waals surface area contributed by atoms with E-state index in [-0.39, 0.29) is 0 Å². The highest BCUT2D eigenvalue weighted by Gasteiger charge is 2.22. The molecule has 0 aliphatic rings. The molecule has 3 nitrogen and oxygen atoms in total. The summed E-state index contributed by atoms with van der Waals surface area (Å²) >= 11 is 0. The quantitative estimate of drug-likeness (QED) is 0.237. The molecule has 0 saturated heterocycles. The lowest BCUT2D eigenvalue weighted by atomic mass is 9.95. The second-order valence-electron chi connectivity index (χ2n) is 7.68. The Morgan fingerprint density at radius 2 is 1.60 bits per heavy atom. The molecule has 0 fully saturated rings. The minimum Gasteiger partial charge on any atom is -0.455 e. The number of rotatable bonds is 2. The van der Waals surface area contributed by atoms with Gasteiger partial charge in [-0.25, -0.2) is 9.41 Å². The third-order valence-corrected chi connectivity index (χ3v) is 5.85. The van der Waals surface area contributed by atoms with Crippen LogP contribution in [0.1, 0.15) is 11.1 Å². The lowest BCUT2D eigenvalue weighted by Crippen LogP contribution is -2.30. The van der Waals surface area contributed by atoms with Crippen molar-refractivity contribution in [3.8, 4) is 22.4 Å². The van der Waals surface area contributed by atoms with Crippen LogP contribution in [0.5, 0.6) is 0 Å². The molecule has 0 saturated carbocycles. The molecular formula is C27H21N2O+. The van der Waals surface area contributed by atoms with E-state index in [4.69, 9.17) is 11.0 Å². The summed E-state index contributed by atoms with van der Waals surface area (Å²) in [5, 5.41) is 2.04. The van der Waals surface area contributed by atoms with Crippen molar-refractivity contribution in [3.05, 3.63) is 95.5 Å². The first kappa shape index (κ1) is 18.1. The van der Waals surface area contributed by atoms with Gasteiger partial charge in [0.1, 0.15) is 18.2 Å². The number of fused-ring (bicyclic) bond motifs is 3. The Morgan fingerprint density at radius 3 is 2.33 bits per heavy atom. The fraction of sp³-hybridized carbons (Fsp3) is 0.111. The first-order valence-electron chi connectivity index (χ1n) is 9.97. The number of hydrogen-bond acceptors (Lipinski definition) is 1. The van der Waals surface area contributed by atoms with Crippen LogP contribution in [0, 0.1) is 20.4 Å². The second kappa shape index (κ2) is 6.86. The van der Waals surface area contributed by atoms with Crippen LogP contribution in [0.25, 0.3) is 49.2 Å². The Kier molecular flexibility index (Phi) is 4.15. The van der Waals surface area contributed by atoms with E-state index in [1.165, 1.54) is 0 Å². The van der Waals surface area contributed by atoms with Crippen LogP contribution in [0.15, 0.2) is 77.3 Å². The molecule has 0 amide bonds. The summed E-state index contributed by atoms with van der Waals surface area (Å²) in [6, 6.07) is 22.5. The number of hydrogen-bond donors (Lipinski definition) is 0. The monoisotopic (exact) mass is 389 g/mol. The van der Waals surface area contributed by atoms with Crippen molar-refractivity contribution in [1.82, 2.24) is 0 Å². The molecular weight excluding hydrogens is 368 g/mol. The van der Waals surface area contributed by atoms with Crippen LogP contribution in [-0.4, -0.2) is 0 Å². The van der Waals surface area contributed by atoms with Crippen LogP contribution in [0.4, 0.5) is 5.69 Å². The van der Waals surface area contributed by atoms with Gasteiger partial charge in [-0.3, -0.25) is 0 Å². The standard InChI is InChI=1S/C27H21N2O/c1-17-13-14-20-21-16-22(28-3)25(19-10-6-5-7-11-19)18(2)26(21)30-27(20)24(17)23-12-8-9-15-29(23)4/h5-16H,1-2,4H3/q+1. The van der Waals surface area contributed by atoms with Gasteiger partial charge in [-0.1, -0.05) is 42.5 Å². The molecule has 3 heteroatoms. The van der Waals surface area contributed by atoms with E-state index in [0.717, 1.165) is 55.4 Å². The van der Waals surface area contributed by atoms with Crippen molar-refractivity contribution >= 4 is 27.6 Å². The van der Waals surface area contributed by atoms with Gasteiger partial charge in [-0.15, -0.1) is 0 Å². The number of aryl methyl sites for hydroxylation is 3. The molecule has 2 aromatic heterocycles. The molecule has 3 aromatic carbocycles. The van der Waals surface area contributed by atoms with Crippen molar-refractivity contribution in [1.29, 1.82) is 0 Å². The average molecular weight is 389 g/mol.